The molecule has 2 nitrogen and oxygen atoms in total. The second-order valence-electron chi connectivity index (χ2n) is 5.88. The molecule has 1 N–H and O–H groups in total. The van der Waals surface area contributed by atoms with E-state index in [0.717, 1.165) is 30.5 Å². The van der Waals surface area contributed by atoms with Crippen molar-refractivity contribution in [2.45, 2.75) is 25.6 Å². The van der Waals surface area contributed by atoms with Gasteiger partial charge in [0.15, 0.2) is 0 Å². The van der Waals surface area contributed by atoms with E-state index in [9.17, 15) is 0 Å². The molecular formula is C18H21BrN2. The summed E-state index contributed by atoms with van der Waals surface area (Å²) in [6, 6.07) is 17.8. The van der Waals surface area contributed by atoms with Crippen LogP contribution in [0.5, 0.6) is 0 Å². The Hall–Kier alpha value is -1.16. The van der Waals surface area contributed by atoms with Crippen LogP contribution >= 0.6 is 15.9 Å². The highest BCUT2D eigenvalue weighted by Crippen LogP contribution is 2.17. The SMILES string of the molecule is CN(Cc1cccc(Br)c1)CC1Cc2ccccc2CN1. The number of rotatable bonds is 4. The molecule has 0 radical (unpaired) electrons. The van der Waals surface area contributed by atoms with Crippen molar-refractivity contribution in [3.63, 3.8) is 0 Å². The number of nitrogens with zero attached hydrogens (tertiary/aromatic N) is 1. The average molecular weight is 345 g/mol. The zero-order valence-electron chi connectivity index (χ0n) is 12.3. The fourth-order valence-electron chi connectivity index (χ4n) is 3.04. The van der Waals surface area contributed by atoms with Gasteiger partial charge < -0.3 is 10.2 Å². The molecule has 21 heavy (non-hydrogen) atoms. The summed E-state index contributed by atoms with van der Waals surface area (Å²) in [5.41, 5.74) is 4.29. The van der Waals surface area contributed by atoms with Crippen molar-refractivity contribution in [1.82, 2.24) is 10.2 Å². The van der Waals surface area contributed by atoms with Gasteiger partial charge in [-0.25, -0.2) is 0 Å². The van der Waals surface area contributed by atoms with Gasteiger partial charge in [-0.15, -0.1) is 0 Å². The van der Waals surface area contributed by atoms with Crippen LogP contribution in [0.1, 0.15) is 16.7 Å². The van der Waals surface area contributed by atoms with E-state index in [2.05, 4.69) is 81.7 Å². The van der Waals surface area contributed by atoms with E-state index in [1.807, 2.05) is 0 Å². The lowest BCUT2D eigenvalue weighted by Gasteiger charge is -2.29. The van der Waals surface area contributed by atoms with Crippen molar-refractivity contribution in [3.8, 4) is 0 Å². The summed E-state index contributed by atoms with van der Waals surface area (Å²) in [7, 11) is 2.20. The van der Waals surface area contributed by atoms with Crippen molar-refractivity contribution in [2.75, 3.05) is 13.6 Å². The molecule has 0 fully saturated rings. The lowest BCUT2D eigenvalue weighted by Crippen LogP contribution is -2.43. The highest BCUT2D eigenvalue weighted by molar-refractivity contribution is 9.10. The lowest BCUT2D eigenvalue weighted by molar-refractivity contribution is 0.274. The standard InChI is InChI=1S/C18H21BrN2/c1-21(12-14-5-4-8-17(19)9-14)13-18-10-15-6-2-3-7-16(15)11-20-18/h2-9,18,20H,10-13H2,1H3. The molecule has 0 bridgehead atoms. The molecule has 3 heteroatoms. The van der Waals surface area contributed by atoms with Crippen molar-refractivity contribution in [3.05, 3.63) is 69.7 Å². The number of hydrogen-bond donors (Lipinski definition) is 1. The normalized spacial score (nSPS) is 17.8. The van der Waals surface area contributed by atoms with E-state index >= 15 is 0 Å². The minimum absolute atomic E-state index is 0.539. The number of halogens is 1. The summed E-state index contributed by atoms with van der Waals surface area (Å²) in [5.74, 6) is 0. The van der Waals surface area contributed by atoms with Gasteiger partial charge in [0.2, 0.25) is 0 Å². The first-order valence-corrected chi connectivity index (χ1v) is 8.23. The van der Waals surface area contributed by atoms with Crippen LogP contribution in [0.4, 0.5) is 0 Å². The first kappa shape index (κ1) is 14.8. The Kier molecular flexibility index (Phi) is 4.73. The largest absolute Gasteiger partial charge is 0.308 e. The topological polar surface area (TPSA) is 15.3 Å². The molecule has 2 aromatic rings. The molecule has 2 aromatic carbocycles. The Bertz CT molecular complexity index is 612. The first-order valence-electron chi connectivity index (χ1n) is 7.44. The summed E-state index contributed by atoms with van der Waals surface area (Å²) in [6.07, 6.45) is 1.12. The maximum atomic E-state index is 3.65. The van der Waals surface area contributed by atoms with Crippen LogP contribution in [0.2, 0.25) is 0 Å². The molecule has 0 aromatic heterocycles. The number of hydrogen-bond acceptors (Lipinski definition) is 2. The maximum Gasteiger partial charge on any atom is 0.0238 e. The van der Waals surface area contributed by atoms with Crippen molar-refractivity contribution < 1.29 is 0 Å². The van der Waals surface area contributed by atoms with Gasteiger partial charge >= 0.3 is 0 Å². The van der Waals surface area contributed by atoms with Crippen molar-refractivity contribution in [1.29, 1.82) is 0 Å². The van der Waals surface area contributed by atoms with Crippen LogP contribution in [-0.2, 0) is 19.5 Å². The van der Waals surface area contributed by atoms with E-state index in [4.69, 9.17) is 0 Å². The van der Waals surface area contributed by atoms with E-state index in [1.165, 1.54) is 16.7 Å². The minimum Gasteiger partial charge on any atom is -0.308 e. The van der Waals surface area contributed by atoms with Gasteiger partial charge in [-0.1, -0.05) is 52.3 Å². The molecule has 1 unspecified atom stereocenters. The fourth-order valence-corrected chi connectivity index (χ4v) is 3.48. The van der Waals surface area contributed by atoms with E-state index < -0.39 is 0 Å². The van der Waals surface area contributed by atoms with Crippen LogP contribution in [0.15, 0.2) is 53.0 Å². The third-order valence-corrected chi connectivity index (χ3v) is 4.53. The monoisotopic (exact) mass is 344 g/mol. The summed E-state index contributed by atoms with van der Waals surface area (Å²) in [6.45, 7) is 3.05. The van der Waals surface area contributed by atoms with E-state index in [1.54, 1.807) is 0 Å². The van der Waals surface area contributed by atoms with Crippen LogP contribution in [0, 0.1) is 0 Å². The average Bonchev–Trinajstić information content (AvgIpc) is 2.47. The molecular weight excluding hydrogens is 324 g/mol. The summed E-state index contributed by atoms with van der Waals surface area (Å²) < 4.78 is 1.15. The summed E-state index contributed by atoms with van der Waals surface area (Å²) in [5, 5.41) is 3.65. The molecule has 0 saturated carbocycles. The predicted octanol–water partition coefficient (Wildman–Crippen LogP) is 3.60. The predicted molar refractivity (Wildman–Crippen MR) is 91.2 cm³/mol. The zero-order chi connectivity index (χ0) is 14.7. The Morgan fingerprint density at radius 1 is 1.14 bits per heavy atom. The van der Waals surface area contributed by atoms with Crippen LogP contribution in [-0.4, -0.2) is 24.5 Å². The summed E-state index contributed by atoms with van der Waals surface area (Å²) in [4.78, 5) is 2.40. The number of fused-ring (bicyclic) bond motifs is 1. The van der Waals surface area contributed by atoms with Gasteiger partial charge in [-0.2, -0.15) is 0 Å². The molecule has 0 aliphatic carbocycles. The Labute approximate surface area is 135 Å². The highest BCUT2D eigenvalue weighted by atomic mass is 79.9. The van der Waals surface area contributed by atoms with Gasteiger partial charge in [0.25, 0.3) is 0 Å². The van der Waals surface area contributed by atoms with Crippen LogP contribution < -0.4 is 5.32 Å². The van der Waals surface area contributed by atoms with Crippen molar-refractivity contribution >= 4 is 15.9 Å². The van der Waals surface area contributed by atoms with Gasteiger partial charge in [0.05, 0.1) is 0 Å². The first-order chi connectivity index (χ1) is 10.2. The lowest BCUT2D eigenvalue weighted by atomic mass is 9.95. The third-order valence-electron chi connectivity index (χ3n) is 4.04. The molecule has 1 aliphatic heterocycles. The number of benzene rings is 2. The number of likely N-dealkylation sites (N-methyl/N-ethyl adjacent to an activating group) is 1. The second-order valence-corrected chi connectivity index (χ2v) is 6.79. The van der Waals surface area contributed by atoms with Gasteiger partial charge in [0.1, 0.15) is 0 Å². The van der Waals surface area contributed by atoms with E-state index in [0.29, 0.717) is 6.04 Å². The molecule has 1 heterocycles. The van der Waals surface area contributed by atoms with Gasteiger partial charge in [-0.3, -0.25) is 0 Å². The molecule has 110 valence electrons. The minimum atomic E-state index is 0.539. The molecule has 0 saturated heterocycles. The Balaban J connectivity index is 1.57. The molecule has 3 rings (SSSR count). The van der Waals surface area contributed by atoms with E-state index in [-0.39, 0.29) is 0 Å². The number of nitrogens with one attached hydrogen (secondary N) is 1. The quantitative estimate of drug-likeness (QED) is 0.911. The molecule has 0 spiro atoms. The highest BCUT2D eigenvalue weighted by Gasteiger charge is 2.18. The van der Waals surface area contributed by atoms with Crippen LogP contribution in [0.25, 0.3) is 0 Å². The second kappa shape index (κ2) is 6.73. The molecule has 1 aliphatic rings. The van der Waals surface area contributed by atoms with Crippen LogP contribution in [0.3, 0.4) is 0 Å². The fraction of sp³-hybridized carbons (Fsp3) is 0.333. The maximum absolute atomic E-state index is 3.65. The van der Waals surface area contributed by atoms with Gasteiger partial charge in [-0.05, 0) is 42.3 Å². The molecule has 0 amide bonds. The Morgan fingerprint density at radius 3 is 2.76 bits per heavy atom. The third kappa shape index (κ3) is 3.94. The smallest absolute Gasteiger partial charge is 0.0238 e. The van der Waals surface area contributed by atoms with Crippen molar-refractivity contribution in [2.24, 2.45) is 0 Å². The Morgan fingerprint density at radius 2 is 1.95 bits per heavy atom. The zero-order valence-corrected chi connectivity index (χ0v) is 13.9. The summed E-state index contributed by atoms with van der Waals surface area (Å²) >= 11 is 3.54. The van der Waals surface area contributed by atoms with Gasteiger partial charge in [0, 0.05) is 30.1 Å². The molecule has 1 atom stereocenters.